The minimum Gasteiger partial charge on any atom is -0.497 e. The molecule has 0 saturated carbocycles. The average Bonchev–Trinajstić information content (AvgIpc) is 3.12. The van der Waals surface area contributed by atoms with E-state index in [1.165, 1.54) is 11.1 Å². The lowest BCUT2D eigenvalue weighted by molar-refractivity contribution is 0.414. The van der Waals surface area contributed by atoms with Crippen molar-refractivity contribution in [2.24, 2.45) is 0 Å². The maximum Gasteiger partial charge on any atom is 0.187 e. The number of benzene rings is 2. The third kappa shape index (κ3) is 3.25. The van der Waals surface area contributed by atoms with Crippen LogP contribution in [0.3, 0.4) is 0 Å². The van der Waals surface area contributed by atoms with Gasteiger partial charge in [0.2, 0.25) is 0 Å². The molecule has 2 heterocycles. The minimum atomic E-state index is 0.680. The highest BCUT2D eigenvalue weighted by atomic mass is 32.2. The first-order valence-corrected chi connectivity index (χ1v) is 9.12. The van der Waals surface area contributed by atoms with Crippen LogP contribution >= 0.6 is 11.8 Å². The summed E-state index contributed by atoms with van der Waals surface area (Å²) in [4.78, 5) is 8.76. The fourth-order valence-corrected chi connectivity index (χ4v) is 3.47. The summed E-state index contributed by atoms with van der Waals surface area (Å²) in [6, 6.07) is 16.1. The van der Waals surface area contributed by atoms with Crippen LogP contribution in [0.15, 0.2) is 59.9 Å². The molecule has 0 aliphatic carbocycles. The zero-order valence-electron chi connectivity index (χ0n) is 14.5. The van der Waals surface area contributed by atoms with Gasteiger partial charge >= 0.3 is 0 Å². The molecule has 26 heavy (non-hydrogen) atoms. The lowest BCUT2D eigenvalue weighted by atomic mass is 10.2. The van der Waals surface area contributed by atoms with E-state index in [2.05, 4.69) is 51.5 Å². The second kappa shape index (κ2) is 7.13. The standard InChI is InChI=1S/C19H17N5OS/c1-13-6-8-14(9-7-13)11-26-19-17-18(20-12-21-19)24(23-22-17)15-4-3-5-16(10-15)25-2/h3-10,12H,11H2,1-2H3. The maximum absolute atomic E-state index is 5.29. The van der Waals surface area contributed by atoms with Crippen LogP contribution in [-0.2, 0) is 5.75 Å². The second-order valence-corrected chi connectivity index (χ2v) is 6.79. The van der Waals surface area contributed by atoms with E-state index in [0.717, 1.165) is 22.2 Å². The highest BCUT2D eigenvalue weighted by Crippen LogP contribution is 2.27. The summed E-state index contributed by atoms with van der Waals surface area (Å²) in [7, 11) is 1.64. The number of ether oxygens (including phenoxy) is 1. The van der Waals surface area contributed by atoms with E-state index in [1.807, 2.05) is 24.3 Å². The lowest BCUT2D eigenvalue weighted by Crippen LogP contribution is -1.98. The number of thioether (sulfide) groups is 1. The van der Waals surface area contributed by atoms with Crippen LogP contribution in [0.4, 0.5) is 0 Å². The lowest BCUT2D eigenvalue weighted by Gasteiger charge is -2.05. The van der Waals surface area contributed by atoms with E-state index < -0.39 is 0 Å². The van der Waals surface area contributed by atoms with E-state index in [0.29, 0.717) is 11.2 Å². The van der Waals surface area contributed by atoms with E-state index in [4.69, 9.17) is 4.74 Å². The van der Waals surface area contributed by atoms with Gasteiger partial charge in [-0.2, -0.15) is 4.68 Å². The molecule has 0 spiro atoms. The smallest absolute Gasteiger partial charge is 0.187 e. The molecule has 0 unspecified atom stereocenters. The molecule has 4 aromatic rings. The molecule has 0 fully saturated rings. The van der Waals surface area contributed by atoms with Crippen LogP contribution < -0.4 is 4.74 Å². The molecular weight excluding hydrogens is 346 g/mol. The Kier molecular flexibility index (Phi) is 4.53. The first kappa shape index (κ1) is 16.5. The fraction of sp³-hybridized carbons (Fsp3) is 0.158. The topological polar surface area (TPSA) is 65.7 Å². The Morgan fingerprint density at radius 3 is 2.73 bits per heavy atom. The number of aryl methyl sites for hydroxylation is 1. The quantitative estimate of drug-likeness (QED) is 0.397. The Balaban J connectivity index is 1.65. The highest BCUT2D eigenvalue weighted by molar-refractivity contribution is 7.98. The molecule has 2 aromatic heterocycles. The van der Waals surface area contributed by atoms with Gasteiger partial charge in [0.05, 0.1) is 12.8 Å². The minimum absolute atomic E-state index is 0.680. The summed E-state index contributed by atoms with van der Waals surface area (Å²) in [6.45, 7) is 2.09. The number of nitrogens with zero attached hydrogens (tertiary/aromatic N) is 5. The molecule has 130 valence electrons. The van der Waals surface area contributed by atoms with Crippen LogP contribution in [0.1, 0.15) is 11.1 Å². The molecule has 4 rings (SSSR count). The molecule has 2 aromatic carbocycles. The van der Waals surface area contributed by atoms with Gasteiger partial charge in [-0.3, -0.25) is 0 Å². The summed E-state index contributed by atoms with van der Waals surface area (Å²) < 4.78 is 6.99. The van der Waals surface area contributed by atoms with Gasteiger partial charge in [0, 0.05) is 11.8 Å². The van der Waals surface area contributed by atoms with Crippen LogP contribution in [0.25, 0.3) is 16.9 Å². The van der Waals surface area contributed by atoms with Crippen LogP contribution in [-0.4, -0.2) is 32.1 Å². The van der Waals surface area contributed by atoms with Gasteiger partial charge in [-0.05, 0) is 24.6 Å². The molecule has 0 atom stereocenters. The number of fused-ring (bicyclic) bond motifs is 1. The monoisotopic (exact) mass is 363 g/mol. The van der Waals surface area contributed by atoms with Gasteiger partial charge in [0.1, 0.15) is 17.1 Å². The van der Waals surface area contributed by atoms with Crippen molar-refractivity contribution in [3.05, 3.63) is 66.0 Å². The van der Waals surface area contributed by atoms with E-state index in [1.54, 1.807) is 29.9 Å². The van der Waals surface area contributed by atoms with Crippen LogP contribution in [0.2, 0.25) is 0 Å². The summed E-state index contributed by atoms with van der Waals surface area (Å²) in [5, 5.41) is 9.39. The first-order chi connectivity index (χ1) is 12.7. The van der Waals surface area contributed by atoms with Crippen molar-refractivity contribution in [3.63, 3.8) is 0 Å². The SMILES string of the molecule is COc1cccc(-n2nnc3c(SCc4ccc(C)cc4)ncnc32)c1. The van der Waals surface area contributed by atoms with Crippen LogP contribution in [0.5, 0.6) is 5.75 Å². The molecule has 0 bridgehead atoms. The van der Waals surface area contributed by atoms with Crippen molar-refractivity contribution < 1.29 is 4.74 Å². The zero-order chi connectivity index (χ0) is 17.9. The molecular formula is C19H17N5OS. The summed E-state index contributed by atoms with van der Waals surface area (Å²) in [6.07, 6.45) is 1.56. The van der Waals surface area contributed by atoms with Crippen molar-refractivity contribution in [3.8, 4) is 11.4 Å². The van der Waals surface area contributed by atoms with Gasteiger partial charge in [0.25, 0.3) is 0 Å². The van der Waals surface area contributed by atoms with Crippen molar-refractivity contribution in [1.29, 1.82) is 0 Å². The molecule has 0 radical (unpaired) electrons. The maximum atomic E-state index is 5.29. The Morgan fingerprint density at radius 1 is 1.08 bits per heavy atom. The second-order valence-electron chi connectivity index (χ2n) is 5.83. The Hall–Kier alpha value is -2.93. The molecule has 0 N–H and O–H groups in total. The Morgan fingerprint density at radius 2 is 1.92 bits per heavy atom. The summed E-state index contributed by atoms with van der Waals surface area (Å²) in [5.74, 6) is 1.58. The van der Waals surface area contributed by atoms with Crippen molar-refractivity contribution in [2.45, 2.75) is 17.7 Å². The number of hydrogen-bond acceptors (Lipinski definition) is 6. The summed E-state index contributed by atoms with van der Waals surface area (Å²) >= 11 is 1.63. The predicted octanol–water partition coefficient (Wildman–Crippen LogP) is 3.82. The number of hydrogen-bond donors (Lipinski definition) is 0. The fourth-order valence-electron chi connectivity index (χ4n) is 2.59. The number of methoxy groups -OCH3 is 1. The molecule has 0 aliphatic rings. The first-order valence-electron chi connectivity index (χ1n) is 8.14. The van der Waals surface area contributed by atoms with Crippen molar-refractivity contribution in [1.82, 2.24) is 25.0 Å². The zero-order valence-corrected chi connectivity index (χ0v) is 15.3. The summed E-state index contributed by atoms with van der Waals surface area (Å²) in [5.41, 5.74) is 4.73. The van der Waals surface area contributed by atoms with Crippen molar-refractivity contribution in [2.75, 3.05) is 7.11 Å². The van der Waals surface area contributed by atoms with Gasteiger partial charge in [-0.1, -0.05) is 52.9 Å². The van der Waals surface area contributed by atoms with Gasteiger partial charge in [0.15, 0.2) is 11.2 Å². The average molecular weight is 363 g/mol. The largest absolute Gasteiger partial charge is 0.497 e. The van der Waals surface area contributed by atoms with Crippen molar-refractivity contribution >= 4 is 22.9 Å². The van der Waals surface area contributed by atoms with E-state index >= 15 is 0 Å². The molecule has 0 aliphatic heterocycles. The molecule has 7 heteroatoms. The van der Waals surface area contributed by atoms with Gasteiger partial charge in [-0.25, -0.2) is 9.97 Å². The Bertz CT molecular complexity index is 1050. The molecule has 0 saturated heterocycles. The third-order valence-electron chi connectivity index (χ3n) is 4.00. The molecule has 6 nitrogen and oxygen atoms in total. The van der Waals surface area contributed by atoms with E-state index in [9.17, 15) is 0 Å². The number of rotatable bonds is 5. The van der Waals surface area contributed by atoms with E-state index in [-0.39, 0.29) is 0 Å². The predicted molar refractivity (Wildman–Crippen MR) is 102 cm³/mol. The normalized spacial score (nSPS) is 11.0. The highest BCUT2D eigenvalue weighted by Gasteiger charge is 2.14. The third-order valence-corrected chi connectivity index (χ3v) is 5.05. The van der Waals surface area contributed by atoms with Gasteiger partial charge in [-0.15, -0.1) is 5.10 Å². The number of aromatic nitrogens is 5. The van der Waals surface area contributed by atoms with Gasteiger partial charge < -0.3 is 4.74 Å². The Labute approximate surface area is 155 Å². The van der Waals surface area contributed by atoms with Crippen LogP contribution in [0, 0.1) is 6.92 Å². The molecule has 0 amide bonds.